The number of ether oxygens (including phenoxy) is 2. The highest BCUT2D eigenvalue weighted by atomic mass is 32.1. The maximum absolute atomic E-state index is 13.0. The Hall–Kier alpha value is -3.52. The number of para-hydroxylation sites is 1. The molecule has 4 N–H and O–H groups in total. The normalized spacial score (nSPS) is 12.9. The molecule has 0 saturated carbocycles. The molecule has 0 atom stereocenters. The molecular formula is C20H16N4O3S. The minimum Gasteiger partial charge on any atom is -0.486 e. The van der Waals surface area contributed by atoms with Gasteiger partial charge in [0.15, 0.2) is 16.6 Å². The van der Waals surface area contributed by atoms with Gasteiger partial charge in [-0.2, -0.15) is 0 Å². The summed E-state index contributed by atoms with van der Waals surface area (Å²) < 4.78 is 11.1. The zero-order chi connectivity index (χ0) is 19.1. The van der Waals surface area contributed by atoms with E-state index in [0.29, 0.717) is 40.3 Å². The second-order valence-electron chi connectivity index (χ2n) is 6.29. The topological polar surface area (TPSA) is 102 Å². The number of nitrogen functional groups attached to an aromatic ring is 1. The molecule has 8 heteroatoms. The molecule has 0 fully saturated rings. The van der Waals surface area contributed by atoms with E-state index < -0.39 is 0 Å². The Kier molecular flexibility index (Phi) is 3.91. The maximum atomic E-state index is 13.0. The average molecular weight is 392 g/mol. The van der Waals surface area contributed by atoms with E-state index in [2.05, 4.69) is 15.3 Å². The van der Waals surface area contributed by atoms with Gasteiger partial charge in [-0.3, -0.25) is 4.79 Å². The van der Waals surface area contributed by atoms with E-state index in [0.717, 1.165) is 16.6 Å². The SMILES string of the molecule is Nc1nc(Nc2ccc3c(c2)OCCO3)sc1C(=O)c1c[nH]c2ccccc12. The molecule has 140 valence electrons. The zero-order valence-electron chi connectivity index (χ0n) is 14.7. The van der Waals surface area contributed by atoms with Gasteiger partial charge in [-0.05, 0) is 18.2 Å². The molecule has 5 rings (SSSR count). The highest BCUT2D eigenvalue weighted by molar-refractivity contribution is 7.18. The number of H-pyrrole nitrogens is 1. The summed E-state index contributed by atoms with van der Waals surface area (Å²) in [6.45, 7) is 1.06. The van der Waals surface area contributed by atoms with Crippen molar-refractivity contribution in [3.8, 4) is 11.5 Å². The predicted molar refractivity (Wildman–Crippen MR) is 109 cm³/mol. The van der Waals surface area contributed by atoms with E-state index in [-0.39, 0.29) is 11.6 Å². The summed E-state index contributed by atoms with van der Waals surface area (Å²) in [6, 6.07) is 13.2. The maximum Gasteiger partial charge on any atom is 0.208 e. The smallest absolute Gasteiger partial charge is 0.208 e. The molecule has 4 aromatic rings. The van der Waals surface area contributed by atoms with E-state index in [9.17, 15) is 4.79 Å². The van der Waals surface area contributed by atoms with Crippen LogP contribution in [0.4, 0.5) is 16.6 Å². The Morgan fingerprint density at radius 3 is 2.86 bits per heavy atom. The third-order valence-corrected chi connectivity index (χ3v) is 5.47. The number of anilines is 3. The minimum absolute atomic E-state index is 0.150. The van der Waals surface area contributed by atoms with E-state index in [1.165, 1.54) is 11.3 Å². The summed E-state index contributed by atoms with van der Waals surface area (Å²) in [7, 11) is 0. The number of rotatable bonds is 4. The second-order valence-corrected chi connectivity index (χ2v) is 7.29. The molecular weight excluding hydrogens is 376 g/mol. The van der Waals surface area contributed by atoms with Gasteiger partial charge >= 0.3 is 0 Å². The van der Waals surface area contributed by atoms with Crippen molar-refractivity contribution in [2.45, 2.75) is 0 Å². The molecule has 0 aliphatic carbocycles. The number of hydrogen-bond acceptors (Lipinski definition) is 7. The van der Waals surface area contributed by atoms with Gasteiger partial charge in [0.05, 0.1) is 0 Å². The molecule has 0 radical (unpaired) electrons. The van der Waals surface area contributed by atoms with E-state index >= 15 is 0 Å². The van der Waals surface area contributed by atoms with Crippen LogP contribution in [0.25, 0.3) is 10.9 Å². The quantitative estimate of drug-likeness (QED) is 0.455. The molecule has 0 saturated heterocycles. The summed E-state index contributed by atoms with van der Waals surface area (Å²) in [6.07, 6.45) is 1.71. The van der Waals surface area contributed by atoms with Crippen LogP contribution in [0, 0.1) is 0 Å². The molecule has 2 aromatic heterocycles. The lowest BCUT2D eigenvalue weighted by Crippen LogP contribution is -2.15. The molecule has 1 aliphatic rings. The van der Waals surface area contributed by atoms with E-state index in [4.69, 9.17) is 15.2 Å². The highest BCUT2D eigenvalue weighted by Gasteiger charge is 2.21. The number of fused-ring (bicyclic) bond motifs is 2. The lowest BCUT2D eigenvalue weighted by Gasteiger charge is -2.18. The lowest BCUT2D eigenvalue weighted by molar-refractivity contribution is 0.104. The second kappa shape index (κ2) is 6.58. The van der Waals surface area contributed by atoms with Crippen molar-refractivity contribution in [2.75, 3.05) is 24.3 Å². The number of benzene rings is 2. The first-order valence-corrected chi connectivity index (χ1v) is 9.54. The van der Waals surface area contributed by atoms with Gasteiger partial charge in [0.25, 0.3) is 0 Å². The lowest BCUT2D eigenvalue weighted by atomic mass is 10.1. The highest BCUT2D eigenvalue weighted by Crippen LogP contribution is 2.36. The first kappa shape index (κ1) is 16.6. The first-order valence-electron chi connectivity index (χ1n) is 8.73. The fourth-order valence-corrected chi connectivity index (χ4v) is 4.03. The predicted octanol–water partition coefficient (Wildman–Crippen LogP) is 3.95. The molecule has 0 bridgehead atoms. The molecule has 1 aliphatic heterocycles. The van der Waals surface area contributed by atoms with Crippen LogP contribution in [-0.4, -0.2) is 29.0 Å². The minimum atomic E-state index is -0.150. The van der Waals surface area contributed by atoms with Crippen molar-refractivity contribution >= 4 is 44.7 Å². The Morgan fingerprint density at radius 1 is 1.14 bits per heavy atom. The molecule has 3 heterocycles. The van der Waals surface area contributed by atoms with Gasteiger partial charge in [-0.15, -0.1) is 0 Å². The molecule has 7 nitrogen and oxygen atoms in total. The number of carbonyl (C=O) groups excluding carboxylic acids is 1. The number of nitrogens with one attached hydrogen (secondary N) is 2. The third-order valence-electron chi connectivity index (χ3n) is 4.49. The number of aromatic nitrogens is 2. The van der Waals surface area contributed by atoms with Crippen LogP contribution in [0.1, 0.15) is 15.2 Å². The van der Waals surface area contributed by atoms with Crippen LogP contribution >= 0.6 is 11.3 Å². The molecule has 0 spiro atoms. The number of carbonyl (C=O) groups is 1. The van der Waals surface area contributed by atoms with Gasteiger partial charge in [0, 0.05) is 34.4 Å². The van der Waals surface area contributed by atoms with Crippen LogP contribution in [0.3, 0.4) is 0 Å². The summed E-state index contributed by atoms with van der Waals surface area (Å²) in [5, 5.41) is 4.59. The van der Waals surface area contributed by atoms with E-state index in [1.807, 2.05) is 42.5 Å². The van der Waals surface area contributed by atoms with Crippen molar-refractivity contribution in [3.05, 3.63) is 59.1 Å². The Bertz CT molecular complexity index is 1200. The number of aromatic amines is 1. The van der Waals surface area contributed by atoms with Crippen molar-refractivity contribution in [1.82, 2.24) is 9.97 Å². The zero-order valence-corrected chi connectivity index (χ0v) is 15.5. The van der Waals surface area contributed by atoms with Crippen molar-refractivity contribution < 1.29 is 14.3 Å². The fraction of sp³-hybridized carbons (Fsp3) is 0.100. The first-order chi connectivity index (χ1) is 13.7. The average Bonchev–Trinajstić information content (AvgIpc) is 3.31. The Morgan fingerprint density at radius 2 is 1.96 bits per heavy atom. The standard InChI is InChI=1S/C20H16N4O3S/c21-19-18(17(25)13-10-22-14-4-2-1-3-12(13)14)28-20(24-19)23-11-5-6-15-16(9-11)27-8-7-26-15/h1-6,9-10,22H,7-8,21H2,(H,23,24). The van der Waals surface area contributed by atoms with Gasteiger partial charge in [0.2, 0.25) is 5.78 Å². The molecule has 0 amide bonds. The summed E-state index contributed by atoms with van der Waals surface area (Å²) >= 11 is 1.22. The van der Waals surface area contributed by atoms with Crippen LogP contribution < -0.4 is 20.5 Å². The number of nitrogens with zero attached hydrogens (tertiary/aromatic N) is 1. The van der Waals surface area contributed by atoms with Crippen molar-refractivity contribution in [2.24, 2.45) is 0 Å². The summed E-state index contributed by atoms with van der Waals surface area (Å²) in [5.41, 5.74) is 8.31. The van der Waals surface area contributed by atoms with Gasteiger partial charge in [-0.1, -0.05) is 29.5 Å². The number of ketones is 1. The largest absolute Gasteiger partial charge is 0.486 e. The summed E-state index contributed by atoms with van der Waals surface area (Å²) in [4.78, 5) is 20.8. The van der Waals surface area contributed by atoms with Gasteiger partial charge in [0.1, 0.15) is 23.9 Å². The Balaban J connectivity index is 1.43. The number of hydrogen-bond donors (Lipinski definition) is 3. The van der Waals surface area contributed by atoms with Gasteiger partial charge in [-0.25, -0.2) is 4.98 Å². The monoisotopic (exact) mass is 392 g/mol. The van der Waals surface area contributed by atoms with Crippen LogP contribution in [0.2, 0.25) is 0 Å². The molecule has 0 unspecified atom stereocenters. The fourth-order valence-electron chi connectivity index (χ4n) is 3.17. The van der Waals surface area contributed by atoms with Crippen molar-refractivity contribution in [1.29, 1.82) is 0 Å². The molecule has 28 heavy (non-hydrogen) atoms. The van der Waals surface area contributed by atoms with Crippen LogP contribution in [-0.2, 0) is 0 Å². The van der Waals surface area contributed by atoms with Crippen LogP contribution in [0.15, 0.2) is 48.7 Å². The van der Waals surface area contributed by atoms with Crippen LogP contribution in [0.5, 0.6) is 11.5 Å². The number of thiazole rings is 1. The molecule has 2 aromatic carbocycles. The number of nitrogens with two attached hydrogens (primary N) is 1. The Labute approximate surface area is 164 Å². The van der Waals surface area contributed by atoms with Gasteiger partial charge < -0.3 is 25.5 Å². The summed E-state index contributed by atoms with van der Waals surface area (Å²) in [5.74, 6) is 1.45. The third kappa shape index (κ3) is 2.84. The van der Waals surface area contributed by atoms with Crippen molar-refractivity contribution in [3.63, 3.8) is 0 Å². The van der Waals surface area contributed by atoms with E-state index in [1.54, 1.807) is 6.20 Å².